The van der Waals surface area contributed by atoms with Crippen molar-refractivity contribution in [2.45, 2.75) is 26.8 Å². The van der Waals surface area contributed by atoms with Gasteiger partial charge in [-0.25, -0.2) is 9.48 Å². The van der Waals surface area contributed by atoms with Crippen LogP contribution in [0.25, 0.3) is 10.2 Å². The summed E-state index contributed by atoms with van der Waals surface area (Å²) in [6, 6.07) is 6.20. The van der Waals surface area contributed by atoms with Crippen LogP contribution in [0.2, 0.25) is 0 Å². The van der Waals surface area contributed by atoms with Crippen LogP contribution in [0.15, 0.2) is 29.1 Å². The van der Waals surface area contributed by atoms with Gasteiger partial charge in [-0.1, -0.05) is 5.21 Å². The van der Waals surface area contributed by atoms with Gasteiger partial charge in [-0.15, -0.1) is 16.4 Å². The molecule has 8 heteroatoms. The molecule has 1 aromatic carbocycles. The van der Waals surface area contributed by atoms with Gasteiger partial charge in [0.25, 0.3) is 5.56 Å². The Morgan fingerprint density at radius 1 is 1.28 bits per heavy atom. The van der Waals surface area contributed by atoms with E-state index < -0.39 is 5.97 Å². The first kappa shape index (κ1) is 17.1. The third-order valence-electron chi connectivity index (χ3n) is 3.94. The van der Waals surface area contributed by atoms with E-state index in [0.29, 0.717) is 35.5 Å². The molecular formula is C17H17N3O4S. The minimum atomic E-state index is -0.973. The van der Waals surface area contributed by atoms with Crippen LogP contribution in [0.3, 0.4) is 0 Å². The van der Waals surface area contributed by atoms with Gasteiger partial charge in [0.1, 0.15) is 5.75 Å². The van der Waals surface area contributed by atoms with Gasteiger partial charge in [-0.05, 0) is 43.7 Å². The number of rotatable bonds is 6. The summed E-state index contributed by atoms with van der Waals surface area (Å²) in [6.07, 6.45) is 0.586. The lowest BCUT2D eigenvalue weighted by Gasteiger charge is -2.07. The summed E-state index contributed by atoms with van der Waals surface area (Å²) in [5, 5.41) is 17.6. The molecule has 0 aliphatic rings. The van der Waals surface area contributed by atoms with E-state index in [1.54, 1.807) is 12.1 Å². The van der Waals surface area contributed by atoms with Crippen LogP contribution in [-0.2, 0) is 6.54 Å². The average molecular weight is 359 g/mol. The third-order valence-corrected chi connectivity index (χ3v) is 5.03. The van der Waals surface area contributed by atoms with Gasteiger partial charge in [0.15, 0.2) is 4.83 Å². The van der Waals surface area contributed by atoms with Gasteiger partial charge < -0.3 is 9.84 Å². The first-order valence-corrected chi connectivity index (χ1v) is 8.58. The maximum Gasteiger partial charge on any atom is 0.335 e. The highest BCUT2D eigenvalue weighted by molar-refractivity contribution is 7.18. The van der Waals surface area contributed by atoms with Gasteiger partial charge in [-0.3, -0.25) is 4.79 Å². The standard InChI is InChI=1S/C17H17N3O4S/c1-10-11(2)25-15-14(10)16(21)20(19-18-15)8-3-9-24-13-6-4-12(5-7-13)17(22)23/h4-7H,3,8-9H2,1-2H3,(H,22,23). The van der Waals surface area contributed by atoms with Gasteiger partial charge in [-0.2, -0.15) is 0 Å². The Morgan fingerprint density at radius 3 is 2.68 bits per heavy atom. The fourth-order valence-electron chi connectivity index (χ4n) is 2.44. The largest absolute Gasteiger partial charge is 0.494 e. The Morgan fingerprint density at radius 2 is 2.00 bits per heavy atom. The fraction of sp³-hybridized carbons (Fsp3) is 0.294. The van der Waals surface area contributed by atoms with Crippen molar-refractivity contribution in [1.29, 1.82) is 0 Å². The molecular weight excluding hydrogens is 342 g/mol. The summed E-state index contributed by atoms with van der Waals surface area (Å²) >= 11 is 1.48. The number of hydrogen-bond acceptors (Lipinski definition) is 6. The molecule has 2 aromatic heterocycles. The number of carbonyl (C=O) groups is 1. The summed E-state index contributed by atoms with van der Waals surface area (Å²) in [5.41, 5.74) is 1.05. The van der Waals surface area contributed by atoms with Gasteiger partial charge in [0.2, 0.25) is 0 Å². The molecule has 0 bridgehead atoms. The van der Waals surface area contributed by atoms with E-state index in [0.717, 1.165) is 10.4 Å². The molecule has 0 aliphatic heterocycles. The topological polar surface area (TPSA) is 94.3 Å². The molecule has 3 aromatic rings. The average Bonchev–Trinajstić information content (AvgIpc) is 2.89. The number of benzene rings is 1. The van der Waals surface area contributed by atoms with Crippen molar-refractivity contribution in [1.82, 2.24) is 15.0 Å². The second-order valence-corrected chi connectivity index (χ2v) is 6.82. The number of aromatic nitrogens is 3. The Bertz CT molecular complexity index is 976. The van der Waals surface area contributed by atoms with E-state index in [1.165, 1.54) is 28.2 Å². The molecule has 25 heavy (non-hydrogen) atoms. The molecule has 0 fully saturated rings. The number of hydrogen-bond donors (Lipinski definition) is 1. The molecule has 2 heterocycles. The number of carboxylic acids is 1. The molecule has 0 atom stereocenters. The number of nitrogens with zero attached hydrogens (tertiary/aromatic N) is 3. The monoisotopic (exact) mass is 359 g/mol. The van der Waals surface area contributed by atoms with E-state index in [-0.39, 0.29) is 11.1 Å². The first-order valence-electron chi connectivity index (χ1n) is 7.77. The summed E-state index contributed by atoms with van der Waals surface area (Å²) in [5.74, 6) is -0.387. The molecule has 1 N–H and O–H groups in total. The predicted octanol–water partition coefficient (Wildman–Crippen LogP) is 2.64. The van der Waals surface area contributed by atoms with E-state index in [2.05, 4.69) is 10.3 Å². The van der Waals surface area contributed by atoms with Crippen molar-refractivity contribution in [3.05, 3.63) is 50.6 Å². The predicted molar refractivity (Wildman–Crippen MR) is 94.7 cm³/mol. The highest BCUT2D eigenvalue weighted by Crippen LogP contribution is 2.24. The Labute approximate surface area is 147 Å². The molecule has 0 radical (unpaired) electrons. The summed E-state index contributed by atoms with van der Waals surface area (Å²) in [4.78, 5) is 25.0. The zero-order valence-electron chi connectivity index (χ0n) is 13.9. The number of ether oxygens (including phenoxy) is 1. The molecule has 0 aliphatic carbocycles. The summed E-state index contributed by atoms with van der Waals surface area (Å²) in [6.45, 7) is 4.68. The molecule has 0 amide bonds. The van der Waals surface area contributed by atoms with Gasteiger partial charge >= 0.3 is 5.97 Å². The quantitative estimate of drug-likeness (QED) is 0.680. The smallest absolute Gasteiger partial charge is 0.335 e. The van der Waals surface area contributed by atoms with E-state index in [1.807, 2.05) is 13.8 Å². The first-order chi connectivity index (χ1) is 12.0. The molecule has 0 unspecified atom stereocenters. The van der Waals surface area contributed by atoms with Crippen LogP contribution in [0.1, 0.15) is 27.2 Å². The second kappa shape index (κ2) is 7.02. The maximum absolute atomic E-state index is 12.5. The molecule has 130 valence electrons. The second-order valence-electron chi connectivity index (χ2n) is 5.61. The van der Waals surface area contributed by atoms with Crippen molar-refractivity contribution < 1.29 is 14.6 Å². The Hall–Kier alpha value is -2.74. The van der Waals surface area contributed by atoms with Crippen molar-refractivity contribution >= 4 is 27.5 Å². The SMILES string of the molecule is Cc1sc2nnn(CCCOc3ccc(C(=O)O)cc3)c(=O)c2c1C. The summed E-state index contributed by atoms with van der Waals surface area (Å²) in [7, 11) is 0. The van der Waals surface area contributed by atoms with E-state index in [4.69, 9.17) is 9.84 Å². The lowest BCUT2D eigenvalue weighted by molar-refractivity contribution is 0.0697. The molecule has 7 nitrogen and oxygen atoms in total. The number of thiophene rings is 1. The van der Waals surface area contributed by atoms with Crippen LogP contribution in [0.5, 0.6) is 5.75 Å². The van der Waals surface area contributed by atoms with Crippen LogP contribution in [0, 0.1) is 13.8 Å². The number of carboxylic acid groups (broad SMARTS) is 1. The maximum atomic E-state index is 12.5. The number of fused-ring (bicyclic) bond motifs is 1. The lowest BCUT2D eigenvalue weighted by atomic mass is 10.2. The van der Waals surface area contributed by atoms with E-state index >= 15 is 0 Å². The van der Waals surface area contributed by atoms with Crippen LogP contribution >= 0.6 is 11.3 Å². The van der Waals surface area contributed by atoms with Crippen LogP contribution in [0.4, 0.5) is 0 Å². The zero-order valence-corrected chi connectivity index (χ0v) is 14.7. The Balaban J connectivity index is 1.61. The van der Waals surface area contributed by atoms with Crippen molar-refractivity contribution in [2.24, 2.45) is 0 Å². The van der Waals surface area contributed by atoms with Crippen molar-refractivity contribution in [3.8, 4) is 5.75 Å². The molecule has 3 rings (SSSR count). The zero-order chi connectivity index (χ0) is 18.0. The van der Waals surface area contributed by atoms with E-state index in [9.17, 15) is 9.59 Å². The molecule has 0 spiro atoms. The highest BCUT2D eigenvalue weighted by Gasteiger charge is 2.13. The van der Waals surface area contributed by atoms with Gasteiger partial charge in [0.05, 0.1) is 17.6 Å². The van der Waals surface area contributed by atoms with Crippen molar-refractivity contribution in [3.63, 3.8) is 0 Å². The minimum Gasteiger partial charge on any atom is -0.494 e. The fourth-order valence-corrected chi connectivity index (χ4v) is 3.40. The van der Waals surface area contributed by atoms with Crippen LogP contribution in [-0.4, -0.2) is 32.7 Å². The Kier molecular flexibility index (Phi) is 4.80. The normalized spacial score (nSPS) is 11.0. The number of aryl methyl sites for hydroxylation is 3. The van der Waals surface area contributed by atoms with Crippen LogP contribution < -0.4 is 10.3 Å². The third kappa shape index (κ3) is 3.53. The summed E-state index contributed by atoms with van der Waals surface area (Å²) < 4.78 is 6.92. The van der Waals surface area contributed by atoms with Gasteiger partial charge in [0, 0.05) is 17.8 Å². The minimum absolute atomic E-state index is 0.127. The highest BCUT2D eigenvalue weighted by atomic mass is 32.1. The molecule has 0 saturated carbocycles. The number of aromatic carboxylic acids is 1. The van der Waals surface area contributed by atoms with Crippen molar-refractivity contribution in [2.75, 3.05) is 6.61 Å². The molecule has 0 saturated heterocycles. The lowest BCUT2D eigenvalue weighted by Crippen LogP contribution is -2.25.